The van der Waals surface area contributed by atoms with Crippen LogP contribution in [0.4, 0.5) is 0 Å². The first-order valence-corrected chi connectivity index (χ1v) is 3.41. The molecule has 1 heterocycles. The zero-order valence-corrected chi connectivity index (χ0v) is 9.60. The Kier molecular flexibility index (Phi) is 5.34. The van der Waals surface area contributed by atoms with Crippen LogP contribution in [-0.4, -0.2) is 16.1 Å². The summed E-state index contributed by atoms with van der Waals surface area (Å²) in [6.45, 7) is 1.81. The van der Waals surface area contributed by atoms with Crippen molar-refractivity contribution in [2.24, 2.45) is 0 Å². The van der Waals surface area contributed by atoms with Gasteiger partial charge in [0.25, 0.3) is 0 Å². The maximum absolute atomic E-state index is 10.6. The third-order valence-corrected chi connectivity index (χ3v) is 1.54. The molecule has 0 aromatic carbocycles. The van der Waals surface area contributed by atoms with E-state index in [9.17, 15) is 4.79 Å². The molecule has 5 heteroatoms. The third-order valence-electron chi connectivity index (χ3n) is 1.54. The van der Waals surface area contributed by atoms with Crippen molar-refractivity contribution in [2.75, 3.05) is 0 Å². The number of aliphatic carboxylic acids is 1. The van der Waals surface area contributed by atoms with Crippen LogP contribution in [0, 0.1) is 0 Å². The maximum atomic E-state index is 10.6. The van der Waals surface area contributed by atoms with Crippen molar-refractivity contribution >= 4 is 5.97 Å². The number of hydrogen-bond donors (Lipinski definition) is 1. The topological polar surface area (TPSA) is 64.3 Å². The van der Waals surface area contributed by atoms with Gasteiger partial charge in [-0.3, -0.25) is 4.79 Å². The van der Waals surface area contributed by atoms with Crippen molar-refractivity contribution in [1.29, 1.82) is 0 Å². The number of carbonyl (C=O) groups is 1. The smallest absolute Gasteiger partial charge is 0.310 e. The minimum absolute atomic E-state index is 0. The summed E-state index contributed by atoms with van der Waals surface area (Å²) in [5, 5.41) is 8.68. The Labute approximate surface area is 95.7 Å². The monoisotopic (exact) mass is 242 g/mol. The van der Waals surface area contributed by atoms with Crippen LogP contribution in [0.25, 0.3) is 0 Å². The second kappa shape index (κ2) is 5.43. The molecule has 4 nitrogen and oxygen atoms in total. The molecular weight excluding hydrogens is 233 g/mol. The van der Waals surface area contributed by atoms with Crippen LogP contribution in [-0.2, 0) is 37.5 Å². The molecule has 0 aliphatic carbocycles. The summed E-state index contributed by atoms with van der Waals surface area (Å²) in [5.74, 6) is -1.34. The molecule has 1 rings (SSSR count). The normalized spacial score (nSPS) is 11.8. The molecule has 1 radical (unpaired) electrons. The predicted octanol–water partition coefficient (Wildman–Crippen LogP) is 0.615. The fourth-order valence-electron chi connectivity index (χ4n) is 0.933. The Morgan fingerprint density at radius 3 is 2.83 bits per heavy atom. The molecule has 1 unspecified atom stereocenters. The number of hydrogen-bond acceptors (Lipinski definition) is 2. The van der Waals surface area contributed by atoms with E-state index in [1.807, 2.05) is 6.92 Å². The van der Waals surface area contributed by atoms with Crippen LogP contribution in [0.3, 0.4) is 0 Å². The van der Waals surface area contributed by atoms with E-state index >= 15 is 0 Å². The first-order valence-electron chi connectivity index (χ1n) is 3.41. The molecule has 0 aliphatic rings. The minimum atomic E-state index is -0.840. The van der Waals surface area contributed by atoms with Crippen molar-refractivity contribution in [1.82, 2.24) is 9.97 Å². The van der Waals surface area contributed by atoms with Gasteiger partial charge in [0.05, 0.1) is 5.92 Å². The van der Waals surface area contributed by atoms with Gasteiger partial charge in [-0.1, -0.05) is 25.1 Å². The first-order chi connectivity index (χ1) is 5.25. The van der Waals surface area contributed by atoms with E-state index in [0.717, 1.165) is 0 Å². The fraction of sp³-hybridized carbons (Fsp3) is 0.429. The van der Waals surface area contributed by atoms with Crippen LogP contribution in [0.5, 0.6) is 0 Å². The molecule has 12 heavy (non-hydrogen) atoms. The van der Waals surface area contributed by atoms with Gasteiger partial charge in [0.1, 0.15) is 0 Å². The summed E-state index contributed by atoms with van der Waals surface area (Å²) in [6, 6.07) is 0. The standard InChI is InChI=1S/C7H10N2O2.Y/c1-2-5(7(10)11)6-3-8-4-9-6;/h3-5H,2H2,1H3,(H2,8,9,10,11);/p-1. The molecule has 1 N–H and O–H groups in total. The van der Waals surface area contributed by atoms with Crippen molar-refractivity contribution in [3.8, 4) is 0 Å². The molecule has 0 bridgehead atoms. The van der Waals surface area contributed by atoms with Crippen molar-refractivity contribution in [2.45, 2.75) is 19.3 Å². The van der Waals surface area contributed by atoms with Gasteiger partial charge < -0.3 is 15.1 Å². The Hall–Kier alpha value is -0.216. The van der Waals surface area contributed by atoms with Crippen LogP contribution in [0.1, 0.15) is 25.0 Å². The Bertz CT molecular complexity index is 236. The van der Waals surface area contributed by atoms with E-state index in [0.29, 0.717) is 12.1 Å². The number of nitrogens with zero attached hydrogens (tertiary/aromatic N) is 2. The van der Waals surface area contributed by atoms with Crippen LogP contribution < -0.4 is 4.98 Å². The molecule has 0 spiro atoms. The maximum Gasteiger partial charge on any atom is 0.310 e. The number of aromatic nitrogens is 2. The third kappa shape index (κ3) is 2.68. The molecule has 1 atom stereocenters. The average molecular weight is 242 g/mol. The van der Waals surface area contributed by atoms with Gasteiger partial charge in [-0.15, -0.1) is 0 Å². The number of imidazole rings is 1. The van der Waals surface area contributed by atoms with E-state index in [1.165, 1.54) is 12.5 Å². The molecule has 0 saturated carbocycles. The van der Waals surface area contributed by atoms with Gasteiger partial charge in [-0.05, 0) is 6.42 Å². The number of rotatable bonds is 3. The average Bonchev–Trinajstić information content (AvgIpc) is 2.40. The summed E-state index contributed by atoms with van der Waals surface area (Å²) in [4.78, 5) is 18.1. The summed E-state index contributed by atoms with van der Waals surface area (Å²) < 4.78 is 0. The van der Waals surface area contributed by atoms with E-state index in [1.54, 1.807) is 0 Å². The molecule has 0 fully saturated rings. The van der Waals surface area contributed by atoms with Gasteiger partial charge in [0.15, 0.2) is 0 Å². The summed E-state index contributed by atoms with van der Waals surface area (Å²) in [5.41, 5.74) is 0.542. The summed E-state index contributed by atoms with van der Waals surface area (Å²) in [7, 11) is 0. The second-order valence-electron chi connectivity index (χ2n) is 2.25. The number of carboxylic acid groups (broad SMARTS) is 1. The van der Waals surface area contributed by atoms with E-state index < -0.39 is 11.9 Å². The molecule has 0 amide bonds. The SMILES string of the molecule is CCC(C(=O)O)c1c[n-]cn1.[Y]. The van der Waals surface area contributed by atoms with Gasteiger partial charge in [-0.25, -0.2) is 0 Å². The minimum Gasteiger partial charge on any atom is -0.481 e. The molecule has 63 valence electrons. The molecule has 1 aromatic rings. The van der Waals surface area contributed by atoms with Crippen LogP contribution in [0.15, 0.2) is 12.5 Å². The van der Waals surface area contributed by atoms with Gasteiger partial charge in [-0.2, -0.15) is 0 Å². The van der Waals surface area contributed by atoms with E-state index in [4.69, 9.17) is 5.11 Å². The van der Waals surface area contributed by atoms with Crippen molar-refractivity contribution < 1.29 is 42.6 Å². The molecule has 0 aliphatic heterocycles. The van der Waals surface area contributed by atoms with E-state index in [2.05, 4.69) is 9.97 Å². The quantitative estimate of drug-likeness (QED) is 0.843. The fourth-order valence-corrected chi connectivity index (χ4v) is 0.933. The van der Waals surface area contributed by atoms with E-state index in [-0.39, 0.29) is 32.7 Å². The zero-order chi connectivity index (χ0) is 8.27. The number of carboxylic acids is 1. The van der Waals surface area contributed by atoms with Gasteiger partial charge in [0, 0.05) is 32.7 Å². The Morgan fingerprint density at radius 2 is 2.50 bits per heavy atom. The predicted molar refractivity (Wildman–Crippen MR) is 38.2 cm³/mol. The Morgan fingerprint density at radius 1 is 1.83 bits per heavy atom. The second-order valence-corrected chi connectivity index (χ2v) is 2.25. The van der Waals surface area contributed by atoms with Crippen molar-refractivity contribution in [3.63, 3.8) is 0 Å². The first kappa shape index (κ1) is 11.8. The van der Waals surface area contributed by atoms with Crippen molar-refractivity contribution in [3.05, 3.63) is 18.2 Å². The summed E-state index contributed by atoms with van der Waals surface area (Å²) >= 11 is 0. The van der Waals surface area contributed by atoms with Crippen LogP contribution >= 0.6 is 0 Å². The molecule has 0 saturated heterocycles. The Balaban J connectivity index is 0.00000121. The van der Waals surface area contributed by atoms with Gasteiger partial charge >= 0.3 is 5.97 Å². The van der Waals surface area contributed by atoms with Gasteiger partial charge in [0.2, 0.25) is 0 Å². The molecule has 1 aromatic heterocycles. The zero-order valence-electron chi connectivity index (χ0n) is 6.77. The molecular formula is C7H9N2O2Y-. The largest absolute Gasteiger partial charge is 0.481 e. The van der Waals surface area contributed by atoms with Crippen LogP contribution in [0.2, 0.25) is 0 Å². The summed E-state index contributed by atoms with van der Waals surface area (Å²) in [6.07, 6.45) is 3.40.